The second-order valence-electron chi connectivity index (χ2n) is 10.7. The summed E-state index contributed by atoms with van der Waals surface area (Å²) >= 11 is 0. The molecule has 40 heavy (non-hydrogen) atoms. The van der Waals surface area contributed by atoms with Gasteiger partial charge in [-0.15, -0.1) is 0 Å². The molecule has 2 atom stereocenters. The van der Waals surface area contributed by atoms with Crippen molar-refractivity contribution >= 4 is 17.5 Å². The van der Waals surface area contributed by atoms with E-state index < -0.39 is 29.6 Å². The summed E-state index contributed by atoms with van der Waals surface area (Å²) in [5, 5.41) is 10.1. The van der Waals surface area contributed by atoms with Gasteiger partial charge in [-0.1, -0.05) is 0 Å². The van der Waals surface area contributed by atoms with Crippen molar-refractivity contribution in [2.24, 2.45) is 5.41 Å². The topological polar surface area (TPSA) is 114 Å². The molecule has 4 heterocycles. The van der Waals surface area contributed by atoms with Gasteiger partial charge in [0, 0.05) is 47.1 Å². The third kappa shape index (κ3) is 4.53. The molecule has 9 nitrogen and oxygen atoms in total. The molecule has 0 saturated heterocycles. The molecule has 4 aromatic rings. The van der Waals surface area contributed by atoms with Gasteiger partial charge >= 0.3 is 0 Å². The van der Waals surface area contributed by atoms with Crippen LogP contribution in [0.3, 0.4) is 0 Å². The van der Waals surface area contributed by atoms with Crippen LogP contribution < -0.4 is 15.4 Å². The van der Waals surface area contributed by atoms with E-state index in [0.29, 0.717) is 35.8 Å². The molecule has 1 saturated carbocycles. The lowest BCUT2D eigenvalue weighted by Gasteiger charge is -2.38. The normalized spacial score (nSPS) is 17.6. The van der Waals surface area contributed by atoms with Gasteiger partial charge < -0.3 is 20.4 Å². The summed E-state index contributed by atoms with van der Waals surface area (Å²) in [6.07, 6.45) is 6.71. The number of rotatable bonds is 7. The van der Waals surface area contributed by atoms with E-state index in [-0.39, 0.29) is 5.41 Å². The number of aromatic amines is 1. The summed E-state index contributed by atoms with van der Waals surface area (Å²) in [4.78, 5) is 35.2. The lowest BCUT2D eigenvalue weighted by molar-refractivity contribution is -0.119. The van der Waals surface area contributed by atoms with E-state index in [0.717, 1.165) is 35.4 Å². The maximum Gasteiger partial charge on any atom is 0.270 e. The van der Waals surface area contributed by atoms with Gasteiger partial charge in [-0.05, 0) is 75.6 Å². The quantitative estimate of drug-likeness (QED) is 0.312. The highest BCUT2D eigenvalue weighted by Gasteiger charge is 2.58. The van der Waals surface area contributed by atoms with Crippen LogP contribution in [-0.4, -0.2) is 44.2 Å². The summed E-state index contributed by atoms with van der Waals surface area (Å²) in [5.41, 5.74) is 4.96. The number of H-pyrrole nitrogens is 1. The van der Waals surface area contributed by atoms with Gasteiger partial charge in [0.2, 0.25) is 5.91 Å². The standard InChI is InChI=1S/C30H31FN6O3/c1-4-37-23(9-12-34-37)28(38)36-27(26-21-13-19(31)5-8-24(21)40-16-30(26)10-11-30)29(39)35-20-6-7-22(33-15-20)25-17(2)14-32-18(25)3/h5-9,12-15,26-27,32H,4,10-11,16H2,1-3H3,(H,35,39)(H,36,38)/t26?,27-/m0/s1. The monoisotopic (exact) mass is 542 g/mol. The van der Waals surface area contributed by atoms with E-state index in [1.807, 2.05) is 33.0 Å². The van der Waals surface area contributed by atoms with Crippen LogP contribution in [0.2, 0.25) is 0 Å². The van der Waals surface area contributed by atoms with E-state index in [9.17, 15) is 14.0 Å². The van der Waals surface area contributed by atoms with Crippen molar-refractivity contribution in [1.29, 1.82) is 0 Å². The van der Waals surface area contributed by atoms with Gasteiger partial charge in [-0.3, -0.25) is 19.3 Å². The molecular formula is C30H31FN6O3. The van der Waals surface area contributed by atoms with Gasteiger partial charge in [-0.25, -0.2) is 4.39 Å². The molecule has 1 spiro atoms. The van der Waals surface area contributed by atoms with Crippen LogP contribution in [0.1, 0.15) is 53.0 Å². The van der Waals surface area contributed by atoms with Crippen LogP contribution in [0.4, 0.5) is 10.1 Å². The molecular weight excluding hydrogens is 511 g/mol. The Morgan fingerprint density at radius 1 is 1.23 bits per heavy atom. The first-order valence-electron chi connectivity index (χ1n) is 13.5. The first kappa shape index (κ1) is 25.8. The highest BCUT2D eigenvalue weighted by atomic mass is 19.1. The van der Waals surface area contributed by atoms with Crippen molar-refractivity contribution in [3.05, 3.63) is 83.3 Å². The van der Waals surface area contributed by atoms with Crippen molar-refractivity contribution in [1.82, 2.24) is 25.1 Å². The second-order valence-corrected chi connectivity index (χ2v) is 10.7. The molecule has 2 aliphatic rings. The Hall–Kier alpha value is -4.47. The number of ether oxygens (including phenoxy) is 1. The minimum atomic E-state index is -0.992. The predicted molar refractivity (Wildman–Crippen MR) is 148 cm³/mol. The maximum atomic E-state index is 14.5. The van der Waals surface area contributed by atoms with Crippen molar-refractivity contribution in [3.63, 3.8) is 0 Å². The van der Waals surface area contributed by atoms with E-state index in [2.05, 4.69) is 25.7 Å². The fourth-order valence-corrected chi connectivity index (χ4v) is 5.86. The van der Waals surface area contributed by atoms with Gasteiger partial charge in [0.1, 0.15) is 23.3 Å². The van der Waals surface area contributed by atoms with Crippen LogP contribution in [0.5, 0.6) is 5.75 Å². The fourth-order valence-electron chi connectivity index (χ4n) is 5.86. The molecule has 3 N–H and O–H groups in total. The lowest BCUT2D eigenvalue weighted by Crippen LogP contribution is -2.52. The summed E-state index contributed by atoms with van der Waals surface area (Å²) in [6, 6.07) is 8.62. The molecule has 206 valence electrons. The van der Waals surface area contributed by atoms with Crippen molar-refractivity contribution < 1.29 is 18.7 Å². The SMILES string of the molecule is CCn1nccc1C(=O)N[C@H](C(=O)Nc1ccc(-c2c(C)c[nH]c2C)nc1)C1c2cc(F)ccc2OCC12CC2. The summed E-state index contributed by atoms with van der Waals surface area (Å²) < 4.78 is 22.0. The van der Waals surface area contributed by atoms with Crippen molar-refractivity contribution in [3.8, 4) is 17.0 Å². The average molecular weight is 543 g/mol. The van der Waals surface area contributed by atoms with Crippen LogP contribution in [0.15, 0.2) is 55.0 Å². The maximum absolute atomic E-state index is 14.5. The number of pyridine rings is 1. The van der Waals surface area contributed by atoms with Gasteiger partial charge in [0.25, 0.3) is 5.91 Å². The van der Waals surface area contributed by atoms with Crippen LogP contribution in [0.25, 0.3) is 11.3 Å². The van der Waals surface area contributed by atoms with Crippen LogP contribution >= 0.6 is 0 Å². The summed E-state index contributed by atoms with van der Waals surface area (Å²) in [6.45, 7) is 6.78. The Kier molecular flexibility index (Phi) is 6.40. The molecule has 3 aromatic heterocycles. The van der Waals surface area contributed by atoms with E-state index in [1.165, 1.54) is 12.1 Å². The van der Waals surface area contributed by atoms with Gasteiger partial charge in [0.05, 0.1) is 24.2 Å². The third-order valence-electron chi connectivity index (χ3n) is 8.09. The molecule has 1 aliphatic heterocycles. The number of benzene rings is 1. The fraction of sp³-hybridized carbons (Fsp3) is 0.333. The smallest absolute Gasteiger partial charge is 0.270 e. The molecule has 1 aromatic carbocycles. The number of nitrogens with zero attached hydrogens (tertiary/aromatic N) is 3. The minimum Gasteiger partial charge on any atom is -0.493 e. The number of aryl methyl sites for hydroxylation is 3. The molecule has 1 aliphatic carbocycles. The second kappa shape index (κ2) is 9.93. The number of fused-ring (bicyclic) bond motifs is 1. The molecule has 2 amide bonds. The number of hydrogen-bond donors (Lipinski definition) is 3. The number of carbonyl (C=O) groups is 2. The third-order valence-corrected chi connectivity index (χ3v) is 8.09. The Balaban J connectivity index is 1.34. The van der Waals surface area contributed by atoms with E-state index in [1.54, 1.807) is 35.3 Å². The predicted octanol–water partition coefficient (Wildman–Crippen LogP) is 4.74. The molecule has 1 fully saturated rings. The number of halogens is 1. The van der Waals surface area contributed by atoms with Gasteiger partial charge in [0.15, 0.2) is 0 Å². The summed E-state index contributed by atoms with van der Waals surface area (Å²) in [7, 11) is 0. The zero-order chi connectivity index (χ0) is 28.0. The zero-order valence-corrected chi connectivity index (χ0v) is 22.6. The number of hydrogen-bond acceptors (Lipinski definition) is 5. The van der Waals surface area contributed by atoms with E-state index in [4.69, 9.17) is 4.74 Å². The molecule has 0 bridgehead atoms. The number of anilines is 1. The van der Waals surface area contributed by atoms with Crippen LogP contribution in [-0.2, 0) is 11.3 Å². The number of aromatic nitrogens is 4. The first-order chi connectivity index (χ1) is 19.3. The Morgan fingerprint density at radius 3 is 2.73 bits per heavy atom. The Bertz CT molecular complexity index is 1570. The first-order valence-corrected chi connectivity index (χ1v) is 13.5. The number of nitrogens with one attached hydrogen (secondary N) is 3. The van der Waals surface area contributed by atoms with Crippen molar-refractivity contribution in [2.45, 2.75) is 52.1 Å². The Labute approximate surface area is 231 Å². The lowest BCUT2D eigenvalue weighted by atomic mass is 9.75. The molecule has 1 unspecified atom stereocenters. The molecule has 10 heteroatoms. The molecule has 6 rings (SSSR count). The molecule has 0 radical (unpaired) electrons. The average Bonchev–Trinajstić information content (AvgIpc) is 3.39. The Morgan fingerprint density at radius 2 is 2.05 bits per heavy atom. The van der Waals surface area contributed by atoms with Crippen LogP contribution in [0, 0.1) is 25.1 Å². The van der Waals surface area contributed by atoms with Gasteiger partial charge in [-0.2, -0.15) is 5.10 Å². The van der Waals surface area contributed by atoms with Crippen molar-refractivity contribution in [2.75, 3.05) is 11.9 Å². The largest absolute Gasteiger partial charge is 0.493 e. The highest BCUT2D eigenvalue weighted by Crippen LogP contribution is 2.61. The highest BCUT2D eigenvalue weighted by molar-refractivity contribution is 6.01. The summed E-state index contributed by atoms with van der Waals surface area (Å²) in [5.74, 6) is -1.21. The zero-order valence-electron chi connectivity index (χ0n) is 22.6. The number of carbonyl (C=O) groups excluding carboxylic acids is 2. The number of amides is 2. The minimum absolute atomic E-state index is 0.347. The van der Waals surface area contributed by atoms with E-state index >= 15 is 0 Å².